The number of rotatable bonds is 11. The van der Waals surface area contributed by atoms with E-state index in [1.807, 2.05) is 54.6 Å². The molecule has 0 saturated carbocycles. The SMILES string of the molecule is CC(C)OC(=O)NCc1cccc(CNC(=O)OCCOC(=O)CCc2ccccc2)c1. The molecule has 2 aromatic rings. The molecule has 0 fully saturated rings. The highest BCUT2D eigenvalue weighted by molar-refractivity contribution is 5.70. The van der Waals surface area contributed by atoms with Crippen LogP contribution < -0.4 is 10.6 Å². The Hall–Kier alpha value is -3.55. The van der Waals surface area contributed by atoms with E-state index in [9.17, 15) is 14.4 Å². The lowest BCUT2D eigenvalue weighted by molar-refractivity contribution is -0.144. The zero-order chi connectivity index (χ0) is 23.2. The Bertz CT molecular complexity index is 870. The van der Waals surface area contributed by atoms with Gasteiger partial charge < -0.3 is 24.8 Å². The van der Waals surface area contributed by atoms with E-state index in [2.05, 4.69) is 10.6 Å². The number of alkyl carbamates (subject to hydrolysis) is 2. The summed E-state index contributed by atoms with van der Waals surface area (Å²) in [5, 5.41) is 5.31. The van der Waals surface area contributed by atoms with Crippen molar-refractivity contribution in [3.63, 3.8) is 0 Å². The average molecular weight is 443 g/mol. The molecule has 0 unspecified atom stereocenters. The molecule has 172 valence electrons. The number of hydrogen-bond donors (Lipinski definition) is 2. The molecule has 8 nitrogen and oxygen atoms in total. The lowest BCUT2D eigenvalue weighted by atomic mass is 10.1. The van der Waals surface area contributed by atoms with Gasteiger partial charge >= 0.3 is 18.2 Å². The first-order valence-corrected chi connectivity index (χ1v) is 10.5. The maximum absolute atomic E-state index is 11.8. The van der Waals surface area contributed by atoms with Gasteiger partial charge in [0.05, 0.1) is 6.10 Å². The van der Waals surface area contributed by atoms with Crippen LogP contribution in [-0.2, 0) is 38.5 Å². The molecule has 2 N–H and O–H groups in total. The first-order valence-electron chi connectivity index (χ1n) is 10.5. The standard InChI is InChI=1S/C24H30N2O6/c1-18(2)32-24(29)26-17-21-10-6-9-20(15-21)16-25-23(28)31-14-13-30-22(27)12-11-19-7-4-3-5-8-19/h3-10,15,18H,11-14,16-17H2,1-2H3,(H,25,28)(H,26,29). The molecule has 8 heteroatoms. The minimum atomic E-state index is -0.602. The van der Waals surface area contributed by atoms with Gasteiger partial charge in [-0.2, -0.15) is 0 Å². The van der Waals surface area contributed by atoms with Gasteiger partial charge in [-0.25, -0.2) is 9.59 Å². The van der Waals surface area contributed by atoms with E-state index < -0.39 is 12.2 Å². The summed E-state index contributed by atoms with van der Waals surface area (Å²) < 4.78 is 15.1. The summed E-state index contributed by atoms with van der Waals surface area (Å²) in [5.41, 5.74) is 2.79. The van der Waals surface area contributed by atoms with Crippen LogP contribution in [0.5, 0.6) is 0 Å². The van der Waals surface area contributed by atoms with Crippen molar-refractivity contribution in [2.75, 3.05) is 13.2 Å². The number of aryl methyl sites for hydroxylation is 1. The quantitative estimate of drug-likeness (QED) is 0.312. The molecule has 2 amide bonds. The van der Waals surface area contributed by atoms with E-state index in [-0.39, 0.29) is 38.3 Å². The Balaban J connectivity index is 1.59. The molecule has 2 aromatic carbocycles. The number of ether oxygens (including phenoxy) is 3. The zero-order valence-corrected chi connectivity index (χ0v) is 18.5. The first kappa shape index (κ1) is 24.7. The summed E-state index contributed by atoms with van der Waals surface area (Å²) in [7, 11) is 0. The van der Waals surface area contributed by atoms with Gasteiger partial charge in [0.1, 0.15) is 13.2 Å². The number of nitrogens with one attached hydrogen (secondary N) is 2. The highest BCUT2D eigenvalue weighted by atomic mass is 16.6. The lowest BCUT2D eigenvalue weighted by Gasteiger charge is -2.11. The second-order valence-electron chi connectivity index (χ2n) is 7.32. The van der Waals surface area contributed by atoms with Gasteiger partial charge in [0.15, 0.2) is 0 Å². The molecule has 0 spiro atoms. The van der Waals surface area contributed by atoms with Gasteiger partial charge in [0.25, 0.3) is 0 Å². The van der Waals surface area contributed by atoms with Crippen LogP contribution in [0.3, 0.4) is 0 Å². The van der Waals surface area contributed by atoms with E-state index in [0.29, 0.717) is 13.0 Å². The Morgan fingerprint density at radius 1 is 0.781 bits per heavy atom. The summed E-state index contributed by atoms with van der Waals surface area (Å²) in [4.78, 5) is 35.1. The number of amides is 2. The Morgan fingerprint density at radius 2 is 1.38 bits per heavy atom. The van der Waals surface area contributed by atoms with Gasteiger partial charge in [-0.1, -0.05) is 54.6 Å². The molecule has 0 aromatic heterocycles. The third kappa shape index (κ3) is 10.5. The highest BCUT2D eigenvalue weighted by Crippen LogP contribution is 2.06. The van der Waals surface area contributed by atoms with Crippen molar-refractivity contribution >= 4 is 18.2 Å². The van der Waals surface area contributed by atoms with Crippen LogP contribution in [-0.4, -0.2) is 37.5 Å². The number of carbonyl (C=O) groups is 3. The molecular formula is C24H30N2O6. The van der Waals surface area contributed by atoms with Crippen molar-refractivity contribution < 1.29 is 28.6 Å². The van der Waals surface area contributed by atoms with Crippen LogP contribution >= 0.6 is 0 Å². The summed E-state index contributed by atoms with van der Waals surface area (Å²) in [6.07, 6.45) is -0.387. The third-order valence-electron chi connectivity index (χ3n) is 4.25. The molecule has 0 aliphatic rings. The van der Waals surface area contributed by atoms with Crippen molar-refractivity contribution in [2.24, 2.45) is 0 Å². The molecule has 0 aliphatic carbocycles. The van der Waals surface area contributed by atoms with E-state index >= 15 is 0 Å². The van der Waals surface area contributed by atoms with Crippen molar-refractivity contribution in [1.29, 1.82) is 0 Å². The molecule has 0 aliphatic heterocycles. The second-order valence-corrected chi connectivity index (χ2v) is 7.32. The van der Waals surface area contributed by atoms with Gasteiger partial charge in [0.2, 0.25) is 0 Å². The molecule has 0 atom stereocenters. The number of benzene rings is 2. The molecule has 2 rings (SSSR count). The predicted molar refractivity (Wildman–Crippen MR) is 119 cm³/mol. The van der Waals surface area contributed by atoms with Gasteiger partial charge in [-0.05, 0) is 37.0 Å². The highest BCUT2D eigenvalue weighted by Gasteiger charge is 2.07. The van der Waals surface area contributed by atoms with Gasteiger partial charge in [0, 0.05) is 19.5 Å². The summed E-state index contributed by atoms with van der Waals surface area (Å²) in [6.45, 7) is 4.13. The smallest absolute Gasteiger partial charge is 0.407 e. The van der Waals surface area contributed by atoms with E-state index in [0.717, 1.165) is 16.7 Å². The topological polar surface area (TPSA) is 103 Å². The van der Waals surface area contributed by atoms with Crippen molar-refractivity contribution in [2.45, 2.75) is 45.9 Å². The van der Waals surface area contributed by atoms with E-state index in [4.69, 9.17) is 14.2 Å². The fourth-order valence-corrected chi connectivity index (χ4v) is 2.76. The monoisotopic (exact) mass is 442 g/mol. The second kappa shape index (κ2) is 13.7. The fourth-order valence-electron chi connectivity index (χ4n) is 2.76. The minimum Gasteiger partial charge on any atom is -0.462 e. The maximum Gasteiger partial charge on any atom is 0.407 e. The van der Waals surface area contributed by atoms with Crippen LogP contribution in [0.4, 0.5) is 9.59 Å². The number of carbonyl (C=O) groups excluding carboxylic acids is 3. The summed E-state index contributed by atoms with van der Waals surface area (Å²) in [5.74, 6) is -0.333. The molecule has 0 radical (unpaired) electrons. The van der Waals surface area contributed by atoms with Crippen LogP contribution in [0.2, 0.25) is 0 Å². The van der Waals surface area contributed by atoms with Gasteiger partial charge in [-0.15, -0.1) is 0 Å². The maximum atomic E-state index is 11.8. The zero-order valence-electron chi connectivity index (χ0n) is 18.5. The fraction of sp³-hybridized carbons (Fsp3) is 0.375. The van der Waals surface area contributed by atoms with Crippen molar-refractivity contribution in [3.05, 3.63) is 71.3 Å². The van der Waals surface area contributed by atoms with Gasteiger partial charge in [-0.3, -0.25) is 4.79 Å². The van der Waals surface area contributed by atoms with Crippen molar-refractivity contribution in [1.82, 2.24) is 10.6 Å². The molecule has 0 saturated heterocycles. The number of esters is 1. The predicted octanol–water partition coefficient (Wildman–Crippen LogP) is 3.72. The van der Waals surface area contributed by atoms with Crippen LogP contribution in [0.1, 0.15) is 37.0 Å². The molecular weight excluding hydrogens is 412 g/mol. The Morgan fingerprint density at radius 3 is 2.03 bits per heavy atom. The summed E-state index contributed by atoms with van der Waals surface area (Å²) >= 11 is 0. The van der Waals surface area contributed by atoms with E-state index in [1.54, 1.807) is 13.8 Å². The molecule has 32 heavy (non-hydrogen) atoms. The molecule has 0 bridgehead atoms. The Kier molecular flexibility index (Phi) is 10.6. The average Bonchev–Trinajstić information content (AvgIpc) is 2.78. The lowest BCUT2D eigenvalue weighted by Crippen LogP contribution is -2.27. The molecule has 0 heterocycles. The Labute approximate surface area is 188 Å². The first-order chi connectivity index (χ1) is 15.4. The van der Waals surface area contributed by atoms with Crippen LogP contribution in [0.15, 0.2) is 54.6 Å². The van der Waals surface area contributed by atoms with Crippen molar-refractivity contribution in [3.8, 4) is 0 Å². The van der Waals surface area contributed by atoms with Crippen LogP contribution in [0.25, 0.3) is 0 Å². The van der Waals surface area contributed by atoms with Crippen LogP contribution in [0, 0.1) is 0 Å². The largest absolute Gasteiger partial charge is 0.462 e. The number of hydrogen-bond acceptors (Lipinski definition) is 6. The van der Waals surface area contributed by atoms with E-state index in [1.165, 1.54) is 0 Å². The summed E-state index contributed by atoms with van der Waals surface area (Å²) in [6, 6.07) is 17.1. The minimum absolute atomic E-state index is 0.00861. The normalized spacial score (nSPS) is 10.3. The third-order valence-corrected chi connectivity index (χ3v) is 4.25.